The molecule has 84 valence electrons. The maximum atomic E-state index is 9.01. The fourth-order valence-corrected chi connectivity index (χ4v) is 1.87. The van der Waals surface area contributed by atoms with E-state index >= 15 is 0 Å². The molecule has 2 N–H and O–H groups in total. The third-order valence-electron chi connectivity index (χ3n) is 2.49. The summed E-state index contributed by atoms with van der Waals surface area (Å²) < 4.78 is 5.53. The first-order valence-electron chi connectivity index (χ1n) is 5.35. The van der Waals surface area contributed by atoms with Crippen molar-refractivity contribution in [1.82, 2.24) is 4.90 Å². The van der Waals surface area contributed by atoms with E-state index in [2.05, 4.69) is 4.90 Å². The van der Waals surface area contributed by atoms with Gasteiger partial charge in [-0.25, -0.2) is 0 Å². The van der Waals surface area contributed by atoms with Crippen LogP contribution < -0.4 is 0 Å². The van der Waals surface area contributed by atoms with Crippen molar-refractivity contribution < 1.29 is 14.9 Å². The van der Waals surface area contributed by atoms with Gasteiger partial charge in [-0.3, -0.25) is 4.90 Å². The molecule has 0 spiro atoms. The standard InChI is InChI=1S/C10H21NO3/c1-9-6-11(4-2-3-5-12)7-10(8-13)14-9/h9-10,12-13H,2-8H2,1H3. The van der Waals surface area contributed by atoms with Crippen LogP contribution in [0.25, 0.3) is 0 Å². The van der Waals surface area contributed by atoms with Crippen molar-refractivity contribution in [3.63, 3.8) is 0 Å². The van der Waals surface area contributed by atoms with Gasteiger partial charge < -0.3 is 14.9 Å². The van der Waals surface area contributed by atoms with Gasteiger partial charge in [0, 0.05) is 19.7 Å². The summed E-state index contributed by atoms with van der Waals surface area (Å²) in [4.78, 5) is 2.30. The van der Waals surface area contributed by atoms with E-state index in [1.807, 2.05) is 6.92 Å². The number of unbranched alkanes of at least 4 members (excludes halogenated alkanes) is 1. The minimum absolute atomic E-state index is 0.0344. The van der Waals surface area contributed by atoms with Gasteiger partial charge in [-0.1, -0.05) is 0 Å². The summed E-state index contributed by atoms with van der Waals surface area (Å²) in [5.41, 5.74) is 0. The monoisotopic (exact) mass is 203 g/mol. The predicted molar refractivity (Wildman–Crippen MR) is 54.2 cm³/mol. The van der Waals surface area contributed by atoms with Gasteiger partial charge in [0.15, 0.2) is 0 Å². The molecule has 14 heavy (non-hydrogen) atoms. The Hall–Kier alpha value is -0.160. The van der Waals surface area contributed by atoms with Gasteiger partial charge in [0.25, 0.3) is 0 Å². The van der Waals surface area contributed by atoms with Crippen molar-refractivity contribution in [3.05, 3.63) is 0 Å². The zero-order valence-electron chi connectivity index (χ0n) is 8.85. The average molecular weight is 203 g/mol. The first-order chi connectivity index (χ1) is 6.76. The molecule has 0 saturated carbocycles. The molecule has 1 fully saturated rings. The fourth-order valence-electron chi connectivity index (χ4n) is 1.87. The van der Waals surface area contributed by atoms with Crippen LogP contribution in [0.1, 0.15) is 19.8 Å². The van der Waals surface area contributed by atoms with Gasteiger partial charge in [-0.05, 0) is 26.3 Å². The maximum absolute atomic E-state index is 9.01. The van der Waals surface area contributed by atoms with Gasteiger partial charge in [-0.2, -0.15) is 0 Å². The second kappa shape index (κ2) is 6.35. The SMILES string of the molecule is CC1CN(CCCCO)CC(CO)O1. The Morgan fingerprint density at radius 2 is 2.07 bits per heavy atom. The highest BCUT2D eigenvalue weighted by atomic mass is 16.5. The number of hydrogen-bond acceptors (Lipinski definition) is 4. The highest BCUT2D eigenvalue weighted by Crippen LogP contribution is 2.11. The van der Waals surface area contributed by atoms with Crippen molar-refractivity contribution >= 4 is 0 Å². The molecule has 0 aliphatic carbocycles. The molecule has 0 radical (unpaired) electrons. The number of nitrogens with zero attached hydrogens (tertiary/aromatic N) is 1. The van der Waals surface area contributed by atoms with Gasteiger partial charge in [0.1, 0.15) is 0 Å². The Morgan fingerprint density at radius 3 is 2.71 bits per heavy atom. The summed E-state index contributed by atoms with van der Waals surface area (Å²) in [5, 5.41) is 17.7. The van der Waals surface area contributed by atoms with Gasteiger partial charge in [-0.15, -0.1) is 0 Å². The van der Waals surface area contributed by atoms with Crippen LogP contribution in [0.15, 0.2) is 0 Å². The molecule has 1 heterocycles. The average Bonchev–Trinajstić information content (AvgIpc) is 2.17. The zero-order valence-corrected chi connectivity index (χ0v) is 8.85. The van der Waals surface area contributed by atoms with E-state index in [9.17, 15) is 0 Å². The van der Waals surface area contributed by atoms with Crippen LogP contribution in [0.2, 0.25) is 0 Å². The third kappa shape index (κ3) is 3.92. The second-order valence-corrected chi connectivity index (χ2v) is 3.94. The van der Waals surface area contributed by atoms with E-state index in [1.165, 1.54) is 0 Å². The molecule has 2 atom stereocenters. The van der Waals surface area contributed by atoms with E-state index in [-0.39, 0.29) is 25.4 Å². The van der Waals surface area contributed by atoms with E-state index in [4.69, 9.17) is 14.9 Å². The number of aliphatic hydroxyl groups is 2. The third-order valence-corrected chi connectivity index (χ3v) is 2.49. The number of hydrogen-bond donors (Lipinski definition) is 2. The van der Waals surface area contributed by atoms with Crippen LogP contribution in [0.3, 0.4) is 0 Å². The van der Waals surface area contributed by atoms with Crippen molar-refractivity contribution in [2.75, 3.05) is 32.8 Å². The number of ether oxygens (including phenoxy) is 1. The quantitative estimate of drug-likeness (QED) is 0.610. The molecular weight excluding hydrogens is 182 g/mol. The first-order valence-corrected chi connectivity index (χ1v) is 5.35. The van der Waals surface area contributed by atoms with E-state index in [1.54, 1.807) is 0 Å². The number of rotatable bonds is 5. The summed E-state index contributed by atoms with van der Waals surface area (Å²) in [7, 11) is 0. The Balaban J connectivity index is 2.23. The van der Waals surface area contributed by atoms with Gasteiger partial charge in [0.05, 0.1) is 18.8 Å². The predicted octanol–water partition coefficient (Wildman–Crippen LogP) is -0.160. The molecule has 0 amide bonds. The van der Waals surface area contributed by atoms with Crippen molar-refractivity contribution in [1.29, 1.82) is 0 Å². The highest BCUT2D eigenvalue weighted by molar-refractivity contribution is 4.74. The topological polar surface area (TPSA) is 52.9 Å². The molecule has 0 aromatic rings. The Kier molecular flexibility index (Phi) is 5.40. The molecule has 1 aliphatic rings. The lowest BCUT2D eigenvalue weighted by Crippen LogP contribution is -2.48. The Morgan fingerprint density at radius 1 is 1.29 bits per heavy atom. The second-order valence-electron chi connectivity index (χ2n) is 3.94. The normalized spacial score (nSPS) is 29.4. The van der Waals surface area contributed by atoms with Crippen LogP contribution in [0.4, 0.5) is 0 Å². The molecule has 1 rings (SSSR count). The lowest BCUT2D eigenvalue weighted by Gasteiger charge is -2.36. The number of aliphatic hydroxyl groups excluding tert-OH is 2. The molecule has 1 saturated heterocycles. The molecule has 0 bridgehead atoms. The Labute approximate surface area is 85.5 Å². The summed E-state index contributed by atoms with van der Waals surface area (Å²) in [6, 6.07) is 0. The zero-order chi connectivity index (χ0) is 10.4. The van der Waals surface area contributed by atoms with Crippen molar-refractivity contribution in [2.24, 2.45) is 0 Å². The van der Waals surface area contributed by atoms with Gasteiger partial charge in [0.2, 0.25) is 0 Å². The summed E-state index contributed by atoms with van der Waals surface area (Å²) >= 11 is 0. The van der Waals surface area contributed by atoms with Crippen LogP contribution >= 0.6 is 0 Å². The van der Waals surface area contributed by atoms with Crippen LogP contribution in [0.5, 0.6) is 0 Å². The lowest BCUT2D eigenvalue weighted by atomic mass is 10.2. The molecular formula is C10H21NO3. The minimum Gasteiger partial charge on any atom is -0.396 e. The summed E-state index contributed by atoms with van der Waals surface area (Å²) in [6.07, 6.45) is 2.04. The van der Waals surface area contributed by atoms with E-state index in [0.29, 0.717) is 0 Å². The molecule has 2 unspecified atom stereocenters. The maximum Gasteiger partial charge on any atom is 0.0936 e. The molecule has 1 aliphatic heterocycles. The van der Waals surface area contributed by atoms with E-state index in [0.717, 1.165) is 32.5 Å². The molecule has 4 nitrogen and oxygen atoms in total. The number of morpholine rings is 1. The lowest BCUT2D eigenvalue weighted by molar-refractivity contribution is -0.0953. The minimum atomic E-state index is -0.0344. The van der Waals surface area contributed by atoms with Crippen LogP contribution in [0, 0.1) is 0 Å². The van der Waals surface area contributed by atoms with Crippen molar-refractivity contribution in [2.45, 2.75) is 32.0 Å². The van der Waals surface area contributed by atoms with Crippen LogP contribution in [-0.4, -0.2) is 60.2 Å². The smallest absolute Gasteiger partial charge is 0.0936 e. The first kappa shape index (κ1) is 11.9. The largest absolute Gasteiger partial charge is 0.396 e. The van der Waals surface area contributed by atoms with Gasteiger partial charge >= 0.3 is 0 Å². The Bertz CT molecular complexity index is 154. The highest BCUT2D eigenvalue weighted by Gasteiger charge is 2.23. The summed E-state index contributed by atoms with van der Waals surface area (Å²) in [6.45, 7) is 5.13. The van der Waals surface area contributed by atoms with E-state index < -0.39 is 0 Å². The molecule has 4 heteroatoms. The molecule has 0 aromatic heterocycles. The fraction of sp³-hybridized carbons (Fsp3) is 1.00. The van der Waals surface area contributed by atoms with Crippen LogP contribution in [-0.2, 0) is 4.74 Å². The summed E-state index contributed by atoms with van der Waals surface area (Å²) in [5.74, 6) is 0. The molecule has 0 aromatic carbocycles. The van der Waals surface area contributed by atoms with Crippen molar-refractivity contribution in [3.8, 4) is 0 Å².